The van der Waals surface area contributed by atoms with Gasteiger partial charge in [0, 0.05) is 25.7 Å². The normalized spacial score (nSPS) is 21.0. The van der Waals surface area contributed by atoms with Crippen molar-refractivity contribution in [2.75, 3.05) is 31.6 Å². The molecule has 0 spiro atoms. The van der Waals surface area contributed by atoms with E-state index < -0.39 is 10.0 Å². The fourth-order valence-electron chi connectivity index (χ4n) is 2.21. The molecule has 1 saturated heterocycles. The van der Waals surface area contributed by atoms with E-state index in [1.807, 2.05) is 12.1 Å². The lowest BCUT2D eigenvalue weighted by Crippen LogP contribution is -2.49. The lowest BCUT2D eigenvalue weighted by molar-refractivity contribution is 0.482. The van der Waals surface area contributed by atoms with E-state index in [2.05, 4.69) is 21.9 Å². The van der Waals surface area contributed by atoms with Crippen LogP contribution in [0.3, 0.4) is 0 Å². The molecule has 0 radical (unpaired) electrons. The summed E-state index contributed by atoms with van der Waals surface area (Å²) in [4.78, 5) is 2.47. The zero-order valence-corrected chi connectivity index (χ0v) is 11.5. The van der Waals surface area contributed by atoms with Crippen LogP contribution in [-0.2, 0) is 10.0 Å². The fourth-order valence-corrected chi connectivity index (χ4v) is 3.16. The molecule has 0 bridgehead atoms. The average molecular weight is 269 g/mol. The van der Waals surface area contributed by atoms with Crippen LogP contribution >= 0.6 is 0 Å². The van der Waals surface area contributed by atoms with Gasteiger partial charge in [0.1, 0.15) is 4.90 Å². The highest BCUT2D eigenvalue weighted by atomic mass is 32.2. The number of hydrogen-bond donors (Lipinski definition) is 2. The van der Waals surface area contributed by atoms with Gasteiger partial charge < -0.3 is 10.2 Å². The maximum absolute atomic E-state index is 12.0. The van der Waals surface area contributed by atoms with Crippen LogP contribution in [0.25, 0.3) is 0 Å². The molecule has 0 saturated carbocycles. The second kappa shape index (κ2) is 5.26. The number of hydrogen-bond acceptors (Lipinski definition) is 4. The summed E-state index contributed by atoms with van der Waals surface area (Å²) in [5, 5.41) is 3.35. The molecular formula is C12H19N3O2S. The van der Waals surface area contributed by atoms with Gasteiger partial charge in [-0.3, -0.25) is 0 Å². The van der Waals surface area contributed by atoms with Crippen molar-refractivity contribution in [3.05, 3.63) is 24.3 Å². The molecule has 0 unspecified atom stereocenters. The Hall–Kier alpha value is -1.11. The molecule has 2 rings (SSSR count). The summed E-state index contributed by atoms with van der Waals surface area (Å²) in [6, 6.07) is 7.50. The van der Waals surface area contributed by atoms with Crippen molar-refractivity contribution in [3.8, 4) is 0 Å². The number of sulfonamides is 1. The van der Waals surface area contributed by atoms with Crippen molar-refractivity contribution in [1.82, 2.24) is 10.0 Å². The summed E-state index contributed by atoms with van der Waals surface area (Å²) < 4.78 is 26.4. The number of anilines is 1. The first kappa shape index (κ1) is 13.3. The van der Waals surface area contributed by atoms with E-state index in [9.17, 15) is 8.42 Å². The Morgan fingerprint density at radius 2 is 2.11 bits per heavy atom. The quantitative estimate of drug-likeness (QED) is 0.833. The zero-order valence-electron chi connectivity index (χ0n) is 10.7. The lowest BCUT2D eigenvalue weighted by atomic mass is 10.2. The fraction of sp³-hybridized carbons (Fsp3) is 0.500. The standard InChI is InChI=1S/C12H19N3O2S/c1-10-9-15(8-7-14-10)11-5-3-4-6-12(11)18(16,17)13-2/h3-6,10,13-14H,7-9H2,1-2H3/t10-/m0/s1. The molecule has 1 aromatic rings. The smallest absolute Gasteiger partial charge is 0.242 e. The van der Waals surface area contributed by atoms with Crippen LogP contribution in [0.2, 0.25) is 0 Å². The van der Waals surface area contributed by atoms with Crippen LogP contribution in [0.1, 0.15) is 6.92 Å². The van der Waals surface area contributed by atoms with Crippen molar-refractivity contribution < 1.29 is 8.42 Å². The highest BCUT2D eigenvalue weighted by Gasteiger charge is 2.23. The van der Waals surface area contributed by atoms with Crippen LogP contribution in [0.15, 0.2) is 29.2 Å². The highest BCUT2D eigenvalue weighted by Crippen LogP contribution is 2.25. The monoisotopic (exact) mass is 269 g/mol. The van der Waals surface area contributed by atoms with E-state index in [1.165, 1.54) is 7.05 Å². The van der Waals surface area contributed by atoms with Crippen molar-refractivity contribution in [2.24, 2.45) is 0 Å². The van der Waals surface area contributed by atoms with E-state index in [0.717, 1.165) is 25.3 Å². The summed E-state index contributed by atoms with van der Waals surface area (Å²) >= 11 is 0. The number of para-hydroxylation sites is 1. The molecule has 0 aromatic heterocycles. The first-order chi connectivity index (χ1) is 8.54. The Kier molecular flexibility index (Phi) is 3.89. The Morgan fingerprint density at radius 3 is 2.78 bits per heavy atom. The first-order valence-corrected chi connectivity index (χ1v) is 7.54. The Morgan fingerprint density at radius 1 is 1.39 bits per heavy atom. The van der Waals surface area contributed by atoms with Gasteiger partial charge in [0.05, 0.1) is 5.69 Å². The molecule has 0 amide bonds. The van der Waals surface area contributed by atoms with Gasteiger partial charge in [-0.25, -0.2) is 13.1 Å². The Labute approximate surface area is 108 Å². The maximum Gasteiger partial charge on any atom is 0.242 e. The third kappa shape index (κ3) is 2.66. The van der Waals surface area contributed by atoms with Crippen molar-refractivity contribution in [2.45, 2.75) is 17.9 Å². The molecule has 18 heavy (non-hydrogen) atoms. The number of benzene rings is 1. The van der Waals surface area contributed by atoms with E-state index in [0.29, 0.717) is 10.9 Å². The van der Waals surface area contributed by atoms with Gasteiger partial charge >= 0.3 is 0 Å². The van der Waals surface area contributed by atoms with Gasteiger partial charge in [-0.2, -0.15) is 0 Å². The first-order valence-electron chi connectivity index (χ1n) is 6.05. The molecule has 1 aliphatic heterocycles. The van der Waals surface area contributed by atoms with Gasteiger partial charge in [0.25, 0.3) is 0 Å². The maximum atomic E-state index is 12.0. The van der Waals surface area contributed by atoms with E-state index in [-0.39, 0.29) is 0 Å². The summed E-state index contributed by atoms with van der Waals surface area (Å²) in [5.41, 5.74) is 0.778. The highest BCUT2D eigenvalue weighted by molar-refractivity contribution is 7.89. The summed E-state index contributed by atoms with van der Waals surface area (Å²) in [7, 11) is -1.97. The zero-order chi connectivity index (χ0) is 13.2. The van der Waals surface area contributed by atoms with Crippen molar-refractivity contribution >= 4 is 15.7 Å². The van der Waals surface area contributed by atoms with Gasteiger partial charge in [-0.15, -0.1) is 0 Å². The second-order valence-corrected chi connectivity index (χ2v) is 6.33. The molecule has 6 heteroatoms. The molecule has 1 atom stereocenters. The van der Waals surface area contributed by atoms with Crippen molar-refractivity contribution in [1.29, 1.82) is 0 Å². The molecule has 1 fully saturated rings. The van der Waals surface area contributed by atoms with Crippen molar-refractivity contribution in [3.63, 3.8) is 0 Å². The van der Waals surface area contributed by atoms with E-state index in [4.69, 9.17) is 0 Å². The lowest BCUT2D eigenvalue weighted by Gasteiger charge is -2.34. The summed E-state index contributed by atoms with van der Waals surface area (Å²) in [6.07, 6.45) is 0. The molecule has 1 heterocycles. The van der Waals surface area contributed by atoms with Gasteiger partial charge in [-0.1, -0.05) is 12.1 Å². The van der Waals surface area contributed by atoms with E-state index >= 15 is 0 Å². The second-order valence-electron chi connectivity index (χ2n) is 4.48. The molecular weight excluding hydrogens is 250 g/mol. The Balaban J connectivity index is 2.39. The molecule has 1 aliphatic rings. The van der Waals surface area contributed by atoms with Crippen LogP contribution in [0, 0.1) is 0 Å². The Bertz CT molecular complexity index is 516. The summed E-state index contributed by atoms with van der Waals surface area (Å²) in [6.45, 7) is 4.60. The number of nitrogens with zero attached hydrogens (tertiary/aromatic N) is 1. The molecule has 5 nitrogen and oxygen atoms in total. The number of rotatable bonds is 3. The predicted octanol–water partition coefficient (Wildman–Crippen LogP) is 0.393. The minimum atomic E-state index is -3.41. The third-order valence-corrected chi connectivity index (χ3v) is 4.59. The van der Waals surface area contributed by atoms with Crippen LogP contribution in [-0.4, -0.2) is 41.1 Å². The minimum Gasteiger partial charge on any atom is -0.368 e. The third-order valence-electron chi connectivity index (χ3n) is 3.13. The molecule has 1 aromatic carbocycles. The number of nitrogens with one attached hydrogen (secondary N) is 2. The van der Waals surface area contributed by atoms with Crippen LogP contribution in [0.5, 0.6) is 0 Å². The molecule has 0 aliphatic carbocycles. The SMILES string of the molecule is CNS(=O)(=O)c1ccccc1N1CCN[C@@H](C)C1. The predicted molar refractivity (Wildman–Crippen MR) is 72.4 cm³/mol. The minimum absolute atomic E-state index is 0.349. The van der Waals surface area contributed by atoms with Gasteiger partial charge in [0.2, 0.25) is 10.0 Å². The van der Waals surface area contributed by atoms with E-state index in [1.54, 1.807) is 12.1 Å². The summed E-state index contributed by atoms with van der Waals surface area (Å²) in [5.74, 6) is 0. The molecule has 100 valence electrons. The largest absolute Gasteiger partial charge is 0.368 e. The van der Waals surface area contributed by atoms with Crippen LogP contribution < -0.4 is 14.9 Å². The van der Waals surface area contributed by atoms with Gasteiger partial charge in [-0.05, 0) is 26.1 Å². The molecule has 2 N–H and O–H groups in total. The van der Waals surface area contributed by atoms with Gasteiger partial charge in [0.15, 0.2) is 0 Å². The number of piperazine rings is 1. The topological polar surface area (TPSA) is 61.4 Å². The van der Waals surface area contributed by atoms with Crippen LogP contribution in [0.4, 0.5) is 5.69 Å². The average Bonchev–Trinajstić information content (AvgIpc) is 2.39.